The van der Waals surface area contributed by atoms with Crippen molar-refractivity contribution in [2.45, 2.75) is 39.2 Å². The average Bonchev–Trinajstić information content (AvgIpc) is 2.51. The fourth-order valence-electron chi connectivity index (χ4n) is 1.97. The van der Waals surface area contributed by atoms with Crippen molar-refractivity contribution in [3.05, 3.63) is 0 Å². The maximum atomic E-state index is 12.2. The number of thiocarbonyl (C=S) groups is 1. The zero-order chi connectivity index (χ0) is 14.2. The van der Waals surface area contributed by atoms with Gasteiger partial charge >= 0.3 is 0 Å². The monoisotopic (exact) mass is 292 g/mol. The molecule has 0 radical (unpaired) electrons. The minimum absolute atomic E-state index is 0.0249. The number of hydrogen-bond acceptors (Lipinski definition) is 4. The van der Waals surface area contributed by atoms with Crippen LogP contribution in [-0.4, -0.2) is 36.4 Å². The predicted molar refractivity (Wildman–Crippen MR) is 75.0 cm³/mol. The Balaban J connectivity index is 2.86. The predicted octanol–water partition coefficient (Wildman–Crippen LogP) is 0.382. The summed E-state index contributed by atoms with van der Waals surface area (Å²) in [4.78, 5) is 12.4. The molecule has 1 fully saturated rings. The van der Waals surface area contributed by atoms with Crippen LogP contribution in [0.2, 0.25) is 0 Å². The van der Waals surface area contributed by atoms with Crippen LogP contribution >= 0.6 is 12.2 Å². The molecule has 1 aliphatic heterocycles. The van der Waals surface area contributed by atoms with E-state index in [1.54, 1.807) is 13.8 Å². The second kappa shape index (κ2) is 4.77. The molecule has 0 aromatic carbocycles. The Labute approximate surface area is 113 Å². The molecule has 0 aromatic rings. The number of nitrogens with one attached hydrogen (secondary N) is 1. The van der Waals surface area contributed by atoms with E-state index in [4.69, 9.17) is 18.0 Å². The van der Waals surface area contributed by atoms with Gasteiger partial charge in [-0.05, 0) is 26.7 Å². The summed E-state index contributed by atoms with van der Waals surface area (Å²) >= 11 is 4.93. The lowest BCUT2D eigenvalue weighted by molar-refractivity contribution is -0.128. The van der Waals surface area contributed by atoms with Crippen molar-refractivity contribution in [3.63, 3.8) is 0 Å². The summed E-state index contributed by atoms with van der Waals surface area (Å²) in [6.07, 6.45) is 0.912. The highest BCUT2D eigenvalue weighted by atomic mass is 32.2. The summed E-state index contributed by atoms with van der Waals surface area (Å²) < 4.78 is 23.0. The molecule has 104 valence electrons. The third-order valence-electron chi connectivity index (χ3n) is 3.67. The van der Waals surface area contributed by atoms with Crippen LogP contribution in [0, 0.1) is 5.41 Å². The van der Waals surface area contributed by atoms with Crippen molar-refractivity contribution in [3.8, 4) is 0 Å². The molecule has 0 spiro atoms. The lowest BCUT2D eigenvalue weighted by Gasteiger charge is -2.32. The molecule has 0 bridgehead atoms. The summed E-state index contributed by atoms with van der Waals surface area (Å²) in [6.45, 7) is 5.25. The molecule has 0 saturated carbocycles. The van der Waals surface area contributed by atoms with Crippen LogP contribution < -0.4 is 11.1 Å². The van der Waals surface area contributed by atoms with Crippen molar-refractivity contribution >= 4 is 33.0 Å². The molecule has 0 aliphatic carbocycles. The van der Waals surface area contributed by atoms with Crippen LogP contribution in [0.15, 0.2) is 0 Å². The fraction of sp³-hybridized carbons (Fsp3) is 0.818. The SMILES string of the molecule is CCC(C)(C(=O)NC1(C)CCS(=O)(=O)C1)C(N)=S. The van der Waals surface area contributed by atoms with Crippen LogP contribution in [0.25, 0.3) is 0 Å². The first-order valence-electron chi connectivity index (χ1n) is 5.88. The van der Waals surface area contributed by atoms with E-state index in [2.05, 4.69) is 5.32 Å². The van der Waals surface area contributed by atoms with E-state index < -0.39 is 20.8 Å². The maximum Gasteiger partial charge on any atom is 0.233 e. The summed E-state index contributed by atoms with van der Waals surface area (Å²) in [5.74, 6) is -0.208. The Kier molecular flexibility index (Phi) is 4.07. The van der Waals surface area contributed by atoms with Gasteiger partial charge in [-0.3, -0.25) is 4.79 Å². The number of carbonyl (C=O) groups is 1. The molecule has 1 rings (SSSR count). The largest absolute Gasteiger partial charge is 0.392 e. The average molecular weight is 292 g/mol. The van der Waals surface area contributed by atoms with Gasteiger partial charge in [0.25, 0.3) is 0 Å². The molecular weight excluding hydrogens is 272 g/mol. The van der Waals surface area contributed by atoms with Gasteiger partial charge in [-0.25, -0.2) is 8.42 Å². The standard InChI is InChI=1S/C11H20N2O3S2/c1-4-11(3,8(12)17)9(14)13-10(2)5-6-18(15,16)7-10/h4-7H2,1-3H3,(H2,12,17)(H,13,14). The molecule has 5 nitrogen and oxygen atoms in total. The van der Waals surface area contributed by atoms with E-state index in [0.29, 0.717) is 12.8 Å². The van der Waals surface area contributed by atoms with Gasteiger partial charge in [-0.2, -0.15) is 0 Å². The van der Waals surface area contributed by atoms with Gasteiger partial charge in [0.2, 0.25) is 5.91 Å². The minimum atomic E-state index is -3.05. The molecule has 3 N–H and O–H groups in total. The van der Waals surface area contributed by atoms with E-state index in [-0.39, 0.29) is 22.4 Å². The summed E-state index contributed by atoms with van der Waals surface area (Å²) in [5.41, 5.74) is 3.97. The third kappa shape index (κ3) is 3.00. The second-order valence-electron chi connectivity index (χ2n) is 5.41. The van der Waals surface area contributed by atoms with E-state index in [9.17, 15) is 13.2 Å². The molecular formula is C11H20N2O3S2. The highest BCUT2D eigenvalue weighted by molar-refractivity contribution is 7.91. The van der Waals surface area contributed by atoms with Gasteiger partial charge in [0.05, 0.1) is 27.4 Å². The topological polar surface area (TPSA) is 89.3 Å². The highest BCUT2D eigenvalue weighted by Crippen LogP contribution is 2.27. The van der Waals surface area contributed by atoms with Gasteiger partial charge in [-0.1, -0.05) is 19.1 Å². The number of sulfone groups is 1. The summed E-state index contributed by atoms with van der Waals surface area (Å²) in [6, 6.07) is 0. The van der Waals surface area contributed by atoms with Gasteiger partial charge in [0.1, 0.15) is 0 Å². The first kappa shape index (κ1) is 15.4. The lowest BCUT2D eigenvalue weighted by atomic mass is 9.85. The van der Waals surface area contributed by atoms with Gasteiger partial charge < -0.3 is 11.1 Å². The molecule has 1 aliphatic rings. The maximum absolute atomic E-state index is 12.2. The van der Waals surface area contributed by atoms with Crippen molar-refractivity contribution < 1.29 is 13.2 Å². The van der Waals surface area contributed by atoms with Crippen molar-refractivity contribution in [2.75, 3.05) is 11.5 Å². The van der Waals surface area contributed by atoms with E-state index >= 15 is 0 Å². The van der Waals surface area contributed by atoms with Gasteiger partial charge in [-0.15, -0.1) is 0 Å². The van der Waals surface area contributed by atoms with E-state index in [1.165, 1.54) is 0 Å². The van der Waals surface area contributed by atoms with Crippen molar-refractivity contribution in [1.29, 1.82) is 0 Å². The van der Waals surface area contributed by atoms with Crippen LogP contribution in [0.4, 0.5) is 0 Å². The Morgan fingerprint density at radius 3 is 2.44 bits per heavy atom. The van der Waals surface area contributed by atoms with E-state index in [1.807, 2.05) is 6.92 Å². The Hall–Kier alpha value is -0.690. The van der Waals surface area contributed by atoms with Crippen molar-refractivity contribution in [2.24, 2.45) is 11.1 Å². The number of nitrogens with two attached hydrogens (primary N) is 1. The van der Waals surface area contributed by atoms with Crippen molar-refractivity contribution in [1.82, 2.24) is 5.32 Å². The minimum Gasteiger partial charge on any atom is -0.392 e. The fourth-order valence-corrected chi connectivity index (χ4v) is 4.30. The van der Waals surface area contributed by atoms with Crippen LogP contribution in [-0.2, 0) is 14.6 Å². The molecule has 18 heavy (non-hydrogen) atoms. The first-order valence-corrected chi connectivity index (χ1v) is 8.10. The molecule has 0 aromatic heterocycles. The molecule has 7 heteroatoms. The number of amides is 1. The number of carbonyl (C=O) groups excluding carboxylic acids is 1. The number of hydrogen-bond donors (Lipinski definition) is 2. The van der Waals surface area contributed by atoms with Gasteiger partial charge in [0, 0.05) is 0 Å². The molecule has 1 amide bonds. The summed E-state index contributed by atoms with van der Waals surface area (Å²) in [7, 11) is -3.05. The molecule has 1 heterocycles. The first-order chi connectivity index (χ1) is 8.05. The molecule has 2 atom stereocenters. The van der Waals surface area contributed by atoms with Crippen LogP contribution in [0.1, 0.15) is 33.6 Å². The smallest absolute Gasteiger partial charge is 0.233 e. The quantitative estimate of drug-likeness (QED) is 0.731. The Bertz CT molecular complexity index is 475. The lowest BCUT2D eigenvalue weighted by Crippen LogP contribution is -2.55. The highest BCUT2D eigenvalue weighted by Gasteiger charge is 2.43. The zero-order valence-corrected chi connectivity index (χ0v) is 12.6. The third-order valence-corrected chi connectivity index (χ3v) is 6.02. The normalized spacial score (nSPS) is 29.5. The number of rotatable bonds is 4. The molecule has 1 saturated heterocycles. The Morgan fingerprint density at radius 2 is 2.11 bits per heavy atom. The summed E-state index contributed by atoms with van der Waals surface area (Å²) in [5, 5.41) is 2.80. The zero-order valence-electron chi connectivity index (χ0n) is 10.9. The second-order valence-corrected chi connectivity index (χ2v) is 8.03. The van der Waals surface area contributed by atoms with E-state index in [0.717, 1.165) is 0 Å². The van der Waals surface area contributed by atoms with Gasteiger partial charge in [0.15, 0.2) is 9.84 Å². The molecule has 2 unspecified atom stereocenters. The Morgan fingerprint density at radius 1 is 1.56 bits per heavy atom. The van der Waals surface area contributed by atoms with Crippen LogP contribution in [0.5, 0.6) is 0 Å². The van der Waals surface area contributed by atoms with Crippen LogP contribution in [0.3, 0.4) is 0 Å².